The standard InChI is InChI=1S/C76H66O4/c1-43-33-47(5)73(48(6)34-43)77-59-21-13-55(14-22-59)67-41-68(56-15-23-60(24-16-56)78-74-49(7)35-44(2)36-50(74)8)64-31-32-66-70(58-19-27-62(28-20-58)80-76-53(11)39-46(4)40-54(76)12)42-69(65-30-29-63(67)71(64)72(65)66)57-17-25-61(26-18-57)79-75-51(9)37-45(3)38-52(75)10/h13-42H,1-12H3. The maximum Gasteiger partial charge on any atom is 0.133 e. The van der Waals surface area contributed by atoms with Crippen LogP contribution in [0.3, 0.4) is 0 Å². The van der Waals surface area contributed by atoms with Crippen molar-refractivity contribution in [3.8, 4) is 90.5 Å². The predicted molar refractivity (Wildman–Crippen MR) is 335 cm³/mol. The van der Waals surface area contributed by atoms with Crippen LogP contribution in [-0.4, -0.2) is 0 Å². The number of ether oxygens (including phenoxy) is 4. The van der Waals surface area contributed by atoms with Gasteiger partial charge in [0.25, 0.3) is 0 Å². The summed E-state index contributed by atoms with van der Waals surface area (Å²) in [5.74, 6) is 6.79. The van der Waals surface area contributed by atoms with Gasteiger partial charge >= 0.3 is 0 Å². The Labute approximate surface area is 471 Å². The third kappa shape index (κ3) is 9.70. The highest BCUT2D eigenvalue weighted by atomic mass is 16.5. The summed E-state index contributed by atoms with van der Waals surface area (Å²) in [6.45, 7) is 25.4. The summed E-state index contributed by atoms with van der Waals surface area (Å²) in [7, 11) is 0. The van der Waals surface area contributed by atoms with Gasteiger partial charge in [0, 0.05) is 0 Å². The molecular formula is C76H66O4. The highest BCUT2D eigenvalue weighted by Crippen LogP contribution is 2.50. The largest absolute Gasteiger partial charge is 0.457 e. The van der Waals surface area contributed by atoms with Crippen LogP contribution in [0.2, 0.25) is 0 Å². The molecule has 4 nitrogen and oxygen atoms in total. The van der Waals surface area contributed by atoms with E-state index in [-0.39, 0.29) is 0 Å². The average molecular weight is 1040 g/mol. The predicted octanol–water partition coefficient (Wildman–Crippen LogP) is 22.1. The Morgan fingerprint density at radius 2 is 0.375 bits per heavy atom. The lowest BCUT2D eigenvalue weighted by molar-refractivity contribution is 0.475. The molecular weight excluding hydrogens is 977 g/mol. The lowest BCUT2D eigenvalue weighted by Crippen LogP contribution is -1.95. The van der Waals surface area contributed by atoms with Gasteiger partial charge in [-0.15, -0.1) is 0 Å². The van der Waals surface area contributed by atoms with Crippen LogP contribution in [0.4, 0.5) is 0 Å². The first-order valence-corrected chi connectivity index (χ1v) is 27.8. The molecule has 4 heteroatoms. The van der Waals surface area contributed by atoms with Crippen molar-refractivity contribution in [3.63, 3.8) is 0 Å². The molecule has 80 heavy (non-hydrogen) atoms. The van der Waals surface area contributed by atoms with Crippen molar-refractivity contribution in [2.45, 2.75) is 83.1 Å². The fourth-order valence-corrected chi connectivity index (χ4v) is 12.5. The fraction of sp³-hybridized carbons (Fsp3) is 0.158. The lowest BCUT2D eigenvalue weighted by atomic mass is 9.82. The summed E-state index contributed by atoms with van der Waals surface area (Å²) in [5, 5.41) is 7.12. The van der Waals surface area contributed by atoms with Crippen LogP contribution in [0.25, 0.3) is 76.8 Å². The van der Waals surface area contributed by atoms with E-state index in [1.54, 1.807) is 0 Å². The van der Waals surface area contributed by atoms with Gasteiger partial charge in [0.1, 0.15) is 46.0 Å². The summed E-state index contributed by atoms with van der Waals surface area (Å²) in [6, 6.07) is 66.0. The van der Waals surface area contributed by atoms with Crippen molar-refractivity contribution >= 4 is 32.3 Å². The summed E-state index contributed by atoms with van der Waals surface area (Å²) < 4.78 is 26.5. The number of benzene rings is 12. The van der Waals surface area contributed by atoms with Crippen LogP contribution in [0.5, 0.6) is 46.0 Å². The third-order valence-electron chi connectivity index (χ3n) is 15.9. The first kappa shape index (κ1) is 51.6. The van der Waals surface area contributed by atoms with Gasteiger partial charge in [0.05, 0.1) is 0 Å². The van der Waals surface area contributed by atoms with Gasteiger partial charge in [-0.05, 0) is 265 Å². The average Bonchev–Trinajstić information content (AvgIpc) is 3.49. The van der Waals surface area contributed by atoms with E-state index in [2.05, 4.69) is 265 Å². The quantitative estimate of drug-likeness (QED) is 0.114. The Kier molecular flexibility index (Phi) is 13.3. The van der Waals surface area contributed by atoms with Crippen LogP contribution in [0.15, 0.2) is 182 Å². The van der Waals surface area contributed by atoms with Crippen molar-refractivity contribution in [2.24, 2.45) is 0 Å². The van der Waals surface area contributed by atoms with Crippen molar-refractivity contribution in [1.29, 1.82) is 0 Å². The summed E-state index contributed by atoms with van der Waals surface area (Å²) in [4.78, 5) is 0. The fourth-order valence-electron chi connectivity index (χ4n) is 12.5. The molecule has 0 saturated carbocycles. The van der Waals surface area contributed by atoms with Gasteiger partial charge in [-0.3, -0.25) is 0 Å². The second-order valence-corrected chi connectivity index (χ2v) is 22.4. The van der Waals surface area contributed by atoms with Crippen molar-refractivity contribution in [1.82, 2.24) is 0 Å². The van der Waals surface area contributed by atoms with E-state index in [4.69, 9.17) is 18.9 Å². The minimum Gasteiger partial charge on any atom is -0.457 e. The van der Waals surface area contributed by atoms with Gasteiger partial charge in [-0.25, -0.2) is 0 Å². The molecule has 0 unspecified atom stereocenters. The monoisotopic (exact) mass is 1040 g/mol. The molecule has 0 N–H and O–H groups in total. The normalized spacial score (nSPS) is 11.5. The smallest absolute Gasteiger partial charge is 0.133 e. The Bertz CT molecular complexity index is 3720. The van der Waals surface area contributed by atoms with Crippen LogP contribution in [0, 0.1) is 83.1 Å². The lowest BCUT2D eigenvalue weighted by Gasteiger charge is -2.22. The Morgan fingerprint density at radius 1 is 0.200 bits per heavy atom. The molecule has 12 aromatic carbocycles. The number of aryl methyl sites for hydroxylation is 12. The molecule has 0 radical (unpaired) electrons. The van der Waals surface area contributed by atoms with E-state index in [1.807, 2.05) is 0 Å². The zero-order valence-electron chi connectivity index (χ0n) is 48.0. The molecule has 0 amide bonds. The second kappa shape index (κ2) is 20.6. The Hall–Kier alpha value is -9.12. The zero-order valence-corrected chi connectivity index (χ0v) is 48.0. The van der Waals surface area contributed by atoms with Gasteiger partial charge in [0.2, 0.25) is 0 Å². The van der Waals surface area contributed by atoms with E-state index < -0.39 is 0 Å². The number of rotatable bonds is 12. The van der Waals surface area contributed by atoms with Gasteiger partial charge in [-0.1, -0.05) is 144 Å². The molecule has 0 atom stereocenters. The molecule has 0 aliphatic carbocycles. The summed E-state index contributed by atoms with van der Waals surface area (Å²) >= 11 is 0. The van der Waals surface area contributed by atoms with Gasteiger partial charge in [0.15, 0.2) is 0 Å². The minimum absolute atomic E-state index is 0.798. The molecule has 12 rings (SSSR count). The molecule has 0 aliphatic heterocycles. The van der Waals surface area contributed by atoms with Crippen LogP contribution in [0.1, 0.15) is 66.8 Å². The molecule has 394 valence electrons. The molecule has 12 aromatic rings. The number of hydrogen-bond acceptors (Lipinski definition) is 4. The van der Waals surface area contributed by atoms with E-state index in [1.165, 1.54) is 54.6 Å². The maximum atomic E-state index is 6.62. The zero-order chi connectivity index (χ0) is 55.7. The Balaban J connectivity index is 1.05. The molecule has 0 fully saturated rings. The number of hydrogen-bond donors (Lipinski definition) is 0. The van der Waals surface area contributed by atoms with Crippen LogP contribution < -0.4 is 18.9 Å². The summed E-state index contributed by atoms with van der Waals surface area (Å²) in [5.41, 5.74) is 22.8. The minimum atomic E-state index is 0.798. The van der Waals surface area contributed by atoms with Crippen LogP contribution >= 0.6 is 0 Å². The SMILES string of the molecule is Cc1cc(C)c(Oc2ccc(-c3cc(-c4ccc(Oc5c(C)cc(C)cc5C)cc4)c4ccc5c(-c6ccc(Oc7c(C)cc(C)cc7C)cc6)cc(-c6ccc(Oc7c(C)cc(C)cc7C)cc6)c6ccc3c4c65)cc2)c(C)c1. The molecule has 0 spiro atoms. The second-order valence-electron chi connectivity index (χ2n) is 22.4. The molecule has 0 saturated heterocycles. The van der Waals surface area contributed by atoms with Crippen molar-refractivity contribution in [3.05, 3.63) is 249 Å². The first-order chi connectivity index (χ1) is 38.5. The van der Waals surface area contributed by atoms with Crippen LogP contribution in [-0.2, 0) is 0 Å². The molecule has 0 heterocycles. The molecule has 0 aromatic heterocycles. The van der Waals surface area contributed by atoms with E-state index in [0.29, 0.717) is 0 Å². The van der Waals surface area contributed by atoms with Crippen molar-refractivity contribution < 1.29 is 18.9 Å². The maximum absolute atomic E-state index is 6.62. The molecule has 0 aliphatic rings. The van der Waals surface area contributed by atoms with E-state index in [9.17, 15) is 0 Å². The third-order valence-corrected chi connectivity index (χ3v) is 15.9. The Morgan fingerprint density at radius 3 is 0.550 bits per heavy atom. The molecule has 0 bridgehead atoms. The highest BCUT2D eigenvalue weighted by molar-refractivity contribution is 6.32. The van der Waals surface area contributed by atoms with E-state index >= 15 is 0 Å². The van der Waals surface area contributed by atoms with E-state index in [0.717, 1.165) is 135 Å². The first-order valence-electron chi connectivity index (χ1n) is 27.8. The summed E-state index contributed by atoms with van der Waals surface area (Å²) in [6.07, 6.45) is 0. The topological polar surface area (TPSA) is 36.9 Å². The highest BCUT2D eigenvalue weighted by Gasteiger charge is 2.22. The van der Waals surface area contributed by atoms with Crippen molar-refractivity contribution in [2.75, 3.05) is 0 Å². The van der Waals surface area contributed by atoms with Gasteiger partial charge in [-0.2, -0.15) is 0 Å². The van der Waals surface area contributed by atoms with Gasteiger partial charge < -0.3 is 18.9 Å².